The van der Waals surface area contributed by atoms with Gasteiger partial charge >= 0.3 is 47.8 Å². The predicted molar refractivity (Wildman–Crippen MR) is 310 cm³/mol. The molecular weight excluding hydrogens is 1190 g/mol. The van der Waals surface area contributed by atoms with E-state index in [0.717, 1.165) is 54.0 Å². The van der Waals surface area contributed by atoms with E-state index in [2.05, 4.69) is 0 Å². The third-order valence-electron chi connectivity index (χ3n) is 13.9. The fourth-order valence-corrected chi connectivity index (χ4v) is 11.7. The second-order valence-electron chi connectivity index (χ2n) is 20.7. The summed E-state index contributed by atoms with van der Waals surface area (Å²) in [5.74, 6) is -6.80. The van der Waals surface area contributed by atoms with Crippen molar-refractivity contribution in [1.29, 1.82) is 0 Å². The van der Waals surface area contributed by atoms with Crippen LogP contribution in [0.3, 0.4) is 0 Å². The van der Waals surface area contributed by atoms with Gasteiger partial charge in [0.25, 0.3) is 0 Å². The Morgan fingerprint density at radius 1 is 0.539 bits per heavy atom. The number of thioether (sulfide) groups is 1. The Kier molecular flexibility index (Phi) is 22.5. The number of esters is 8. The highest BCUT2D eigenvalue weighted by molar-refractivity contribution is 8.00. The molecule has 0 aliphatic carbocycles. The number of hydrogen-bond donors (Lipinski definition) is 0. The third-order valence-corrected chi connectivity index (χ3v) is 15.2. The smallest absolute Gasteiger partial charge is 0.303 e. The van der Waals surface area contributed by atoms with Crippen molar-refractivity contribution in [1.82, 2.24) is 0 Å². The first-order valence-electron chi connectivity index (χ1n) is 28.1. The molecule has 0 bridgehead atoms. The van der Waals surface area contributed by atoms with Crippen molar-refractivity contribution in [2.24, 2.45) is 0 Å². The summed E-state index contributed by atoms with van der Waals surface area (Å²) in [5, 5.41) is -0.714. The van der Waals surface area contributed by atoms with Crippen molar-refractivity contribution in [3.05, 3.63) is 150 Å². The van der Waals surface area contributed by atoms with Crippen molar-refractivity contribution in [2.45, 2.75) is 141 Å². The summed E-state index contributed by atoms with van der Waals surface area (Å²) >= 11 is 1.28. The zero-order chi connectivity index (χ0) is 64.1. The molecule has 0 aromatic heterocycles. The maximum atomic E-state index is 14.4. The van der Waals surface area contributed by atoms with Gasteiger partial charge in [0.15, 0.2) is 30.7 Å². The highest BCUT2D eigenvalue weighted by atomic mass is 32.2. The van der Waals surface area contributed by atoms with E-state index >= 15 is 0 Å². The number of ether oxygens (including phenoxy) is 13. The second-order valence-corrected chi connectivity index (χ2v) is 21.9. The molecule has 1 amide bonds. The van der Waals surface area contributed by atoms with Gasteiger partial charge in [-0.2, -0.15) is 0 Å². The molecule has 3 fully saturated rings. The first-order valence-corrected chi connectivity index (χ1v) is 29.2. The van der Waals surface area contributed by atoms with Crippen molar-refractivity contribution >= 4 is 71.1 Å². The van der Waals surface area contributed by atoms with Gasteiger partial charge < -0.3 is 66.5 Å². The zero-order valence-corrected chi connectivity index (χ0v) is 50.5. The summed E-state index contributed by atoms with van der Waals surface area (Å²) in [6.45, 7) is 7.52. The monoisotopic (exact) mass is 1250 g/mol. The first kappa shape index (κ1) is 66.1. The molecule has 3 aliphatic heterocycles. The van der Waals surface area contributed by atoms with Crippen molar-refractivity contribution < 1.29 is 109 Å². The van der Waals surface area contributed by atoms with Crippen molar-refractivity contribution in [3.8, 4) is 22.6 Å². The van der Waals surface area contributed by atoms with E-state index in [1.54, 1.807) is 29.2 Å². The molecule has 13 atom stereocenters. The number of benzene rings is 5. The van der Waals surface area contributed by atoms with Gasteiger partial charge in [-0.15, -0.1) is 11.8 Å². The number of para-hydroxylation sites is 1. The van der Waals surface area contributed by atoms with Crippen LogP contribution in [0, 0.1) is 5.82 Å². The highest BCUT2D eigenvalue weighted by Crippen LogP contribution is 2.50. The van der Waals surface area contributed by atoms with Gasteiger partial charge in [-0.1, -0.05) is 84.9 Å². The Morgan fingerprint density at radius 2 is 1.07 bits per heavy atom. The molecule has 3 saturated heterocycles. The van der Waals surface area contributed by atoms with Gasteiger partial charge in [-0.05, 0) is 64.7 Å². The number of β-lactam (4-membered cyclic amide) rings is 1. The van der Waals surface area contributed by atoms with E-state index in [9.17, 15) is 47.5 Å². The molecule has 23 nitrogen and oxygen atoms in total. The Balaban J connectivity index is 1.15. The van der Waals surface area contributed by atoms with Crippen LogP contribution in [0.15, 0.2) is 127 Å². The second kappa shape index (κ2) is 30.3. The lowest BCUT2D eigenvalue weighted by molar-refractivity contribution is -0.354. The minimum Gasteiger partial charge on any atom is -0.489 e. The quantitative estimate of drug-likeness (QED) is 0.0327. The summed E-state index contributed by atoms with van der Waals surface area (Å²) in [6.07, 6.45) is -17.7. The van der Waals surface area contributed by atoms with Gasteiger partial charge in [0.2, 0.25) is 18.3 Å². The van der Waals surface area contributed by atoms with E-state index in [1.165, 1.54) is 43.0 Å². The van der Waals surface area contributed by atoms with Gasteiger partial charge in [0.05, 0.1) is 6.04 Å². The third kappa shape index (κ3) is 17.5. The molecule has 3 aliphatic rings. The van der Waals surface area contributed by atoms with Crippen LogP contribution in [0.5, 0.6) is 11.5 Å². The van der Waals surface area contributed by atoms with E-state index in [1.807, 2.05) is 78.9 Å². The van der Waals surface area contributed by atoms with Crippen LogP contribution >= 0.6 is 11.8 Å². The number of hydrogen-bond acceptors (Lipinski definition) is 23. The van der Waals surface area contributed by atoms with Gasteiger partial charge in [0, 0.05) is 72.4 Å². The lowest BCUT2D eigenvalue weighted by Crippen LogP contribution is -2.67. The average Bonchev–Trinajstić information content (AvgIpc) is 0.974. The molecule has 8 rings (SSSR count). The molecule has 0 radical (unpaired) electrons. The summed E-state index contributed by atoms with van der Waals surface area (Å²) in [6, 6.07) is 35.7. The molecule has 0 spiro atoms. The Hall–Kier alpha value is -8.91. The number of carbonyl (C=O) groups is 9. The van der Waals surface area contributed by atoms with Crippen LogP contribution in [-0.2, 0) is 102 Å². The summed E-state index contributed by atoms with van der Waals surface area (Å²) in [7, 11) is 0. The largest absolute Gasteiger partial charge is 0.489 e. The molecule has 0 saturated carbocycles. The molecule has 0 N–H and O–H groups in total. The van der Waals surface area contributed by atoms with Crippen molar-refractivity contribution in [3.63, 3.8) is 0 Å². The zero-order valence-electron chi connectivity index (χ0n) is 49.7. The molecular formula is C64H66FNO22S. The van der Waals surface area contributed by atoms with E-state index in [0.29, 0.717) is 33.7 Å². The minimum atomic E-state index is -1.90. The van der Waals surface area contributed by atoms with Gasteiger partial charge in [-0.3, -0.25) is 43.2 Å². The lowest BCUT2D eigenvalue weighted by Gasteiger charge is -2.48. The summed E-state index contributed by atoms with van der Waals surface area (Å²) < 4.78 is 91.3. The van der Waals surface area contributed by atoms with E-state index in [4.69, 9.17) is 61.6 Å². The number of halogens is 1. The first-order chi connectivity index (χ1) is 42.5. The van der Waals surface area contributed by atoms with Crippen LogP contribution in [0.1, 0.15) is 84.2 Å². The number of amides is 1. The number of carbonyl (C=O) groups excluding carboxylic acids is 9. The highest BCUT2D eigenvalue weighted by Gasteiger charge is 2.58. The standard InChI is InChI=1S/C64H66FNO22S/c1-34(67)76-31-51-55(80-37(4)70)57(81-38(5)71)60(84-41(8)74)64(87-51)88-56-52(32-77-35(2)68)86-63(59(83-40(7)73)58(56)82-39(6)72)85-48-21-15-18-44(28-48)45-24-27-49(50(29-45)78-30-42-16-11-9-12-17-42)54-61(62(75)66(54)47-19-13-10-14-20-47)89-33-53(79-36(3)69)43-22-25-46(65)26-23-43/h9-29,51-61,63-64H,30-33H2,1-8H3/t51-,52-,53+,54-,55-,56?,57+,58+,59-,60-,61-,63-,64+/m1/s1. The maximum absolute atomic E-state index is 14.4. The molecule has 25 heteroatoms. The molecule has 89 heavy (non-hydrogen) atoms. The number of nitrogens with zero attached hydrogens (tertiary/aromatic N) is 1. The average molecular weight is 1250 g/mol. The molecule has 1 unspecified atom stereocenters. The predicted octanol–water partition coefficient (Wildman–Crippen LogP) is 7.56. The molecule has 5 aromatic rings. The Labute approximate surface area is 515 Å². The van der Waals surface area contributed by atoms with Crippen molar-refractivity contribution in [2.75, 3.05) is 23.9 Å². The number of rotatable bonds is 24. The van der Waals surface area contributed by atoms with Crippen LogP contribution in [-0.4, -0.2) is 139 Å². The van der Waals surface area contributed by atoms with E-state index in [-0.39, 0.29) is 24.0 Å². The van der Waals surface area contributed by atoms with Crippen LogP contribution < -0.4 is 14.4 Å². The summed E-state index contributed by atoms with van der Waals surface area (Å²) in [4.78, 5) is 117. The van der Waals surface area contributed by atoms with Crippen LogP contribution in [0.2, 0.25) is 0 Å². The summed E-state index contributed by atoms with van der Waals surface area (Å²) in [5.41, 5.74) is 3.80. The number of anilines is 1. The Bertz CT molecular complexity index is 3350. The Morgan fingerprint density at radius 3 is 1.65 bits per heavy atom. The van der Waals surface area contributed by atoms with Crippen LogP contribution in [0.25, 0.3) is 11.1 Å². The fraction of sp³-hybridized carbons (Fsp3) is 0.391. The molecule has 472 valence electrons. The van der Waals surface area contributed by atoms with Gasteiger partial charge in [-0.25, -0.2) is 4.39 Å². The SMILES string of the molecule is CC(=O)OC[C@H]1O[C@@H](Oc2cccc(-c3ccc([C@@H]4[C@@H](SC[C@H](OC(C)=O)c5ccc(F)cc5)C(=O)N4c4ccccc4)c(OCc4ccccc4)c3)c2)[C@H](OC(C)=O)[C@@H](OC(C)=O)C1O[C@@H]1O[C@H](COC(C)=O)[C@@H](OC(C)=O)[C@H](OC(C)=O)[C@H]1OC(C)=O. The molecule has 3 heterocycles. The van der Waals surface area contributed by atoms with Gasteiger partial charge in [0.1, 0.15) is 66.8 Å². The minimum absolute atomic E-state index is 0.104. The fourth-order valence-electron chi connectivity index (χ4n) is 10.3. The van der Waals surface area contributed by atoms with E-state index < -0.39 is 146 Å². The van der Waals surface area contributed by atoms with Crippen LogP contribution in [0.4, 0.5) is 10.1 Å². The maximum Gasteiger partial charge on any atom is 0.303 e. The normalized spacial score (nSPS) is 24.1. The molecule has 5 aromatic carbocycles. The topological polar surface area (TPSA) is 277 Å². The lowest BCUT2D eigenvalue weighted by atomic mass is 9.90.